The lowest BCUT2D eigenvalue weighted by molar-refractivity contribution is -0.140. The highest BCUT2D eigenvalue weighted by atomic mass is 19.4. The van der Waals surface area contributed by atoms with Crippen LogP contribution in [0.25, 0.3) is 0 Å². The van der Waals surface area contributed by atoms with Gasteiger partial charge < -0.3 is 10.2 Å². The molecule has 0 bridgehead atoms. The van der Waals surface area contributed by atoms with Crippen molar-refractivity contribution in [2.75, 3.05) is 6.54 Å². The smallest absolute Gasteiger partial charge is 0.347 e. The third-order valence-corrected chi connectivity index (χ3v) is 6.34. The first-order chi connectivity index (χ1) is 16.0. The first-order valence-electron chi connectivity index (χ1n) is 11.1. The fraction of sp³-hybridized carbons (Fsp3) is 0.458. The Hall–Kier alpha value is -3.04. The van der Waals surface area contributed by atoms with Gasteiger partial charge in [-0.3, -0.25) is 14.6 Å². The zero-order valence-electron chi connectivity index (χ0n) is 18.6. The molecule has 1 N–H and O–H groups in total. The number of aromatic nitrogens is 1. The number of nitrogens with zero attached hydrogens (tertiary/aromatic N) is 2. The highest BCUT2D eigenvalue weighted by Gasteiger charge is 2.43. The number of nitrogens with one attached hydrogen (secondary N) is 1. The predicted octanol–water partition coefficient (Wildman–Crippen LogP) is 4.81. The molecule has 1 aromatic heterocycles. The summed E-state index contributed by atoms with van der Waals surface area (Å²) in [4.78, 5) is 31.8. The molecule has 3 atom stereocenters. The Morgan fingerprint density at radius 2 is 1.85 bits per heavy atom. The lowest BCUT2D eigenvalue weighted by atomic mass is 9.98. The van der Waals surface area contributed by atoms with Crippen LogP contribution in [-0.4, -0.2) is 34.3 Å². The number of hydrogen-bond donors (Lipinski definition) is 1. The molecule has 10 heteroatoms. The SMILES string of the molecule is Cc1cc(C(=O)N2C[C@H](C)C[C@@H]2C(=O)N[C@@H](c2cc(F)c(C(F)(F)F)cc2F)C2CC2)ccn1. The molecule has 2 aliphatic rings. The van der Waals surface area contributed by atoms with Crippen molar-refractivity contribution in [3.63, 3.8) is 0 Å². The maximum Gasteiger partial charge on any atom is 0.419 e. The zero-order chi connectivity index (χ0) is 24.8. The van der Waals surface area contributed by atoms with Crippen LogP contribution in [0.3, 0.4) is 0 Å². The summed E-state index contributed by atoms with van der Waals surface area (Å²) in [6.07, 6.45) is -1.92. The van der Waals surface area contributed by atoms with Crippen molar-refractivity contribution in [2.24, 2.45) is 11.8 Å². The van der Waals surface area contributed by atoms with Crippen LogP contribution in [0.1, 0.15) is 59.4 Å². The molecule has 0 spiro atoms. The minimum absolute atomic E-state index is 0.0299. The quantitative estimate of drug-likeness (QED) is 0.624. The number of halogens is 5. The Morgan fingerprint density at radius 3 is 2.47 bits per heavy atom. The summed E-state index contributed by atoms with van der Waals surface area (Å²) in [5.41, 5.74) is -0.986. The zero-order valence-corrected chi connectivity index (χ0v) is 18.6. The Kier molecular flexibility index (Phi) is 6.35. The van der Waals surface area contributed by atoms with Crippen molar-refractivity contribution in [2.45, 2.75) is 51.4 Å². The van der Waals surface area contributed by atoms with E-state index in [9.17, 15) is 31.5 Å². The van der Waals surface area contributed by atoms with Gasteiger partial charge in [-0.2, -0.15) is 13.2 Å². The molecule has 2 fully saturated rings. The molecular formula is C24H24F5N3O2. The van der Waals surface area contributed by atoms with Crippen molar-refractivity contribution in [3.8, 4) is 0 Å². The average molecular weight is 481 g/mol. The van der Waals surface area contributed by atoms with Gasteiger partial charge in [0.2, 0.25) is 5.91 Å². The fourth-order valence-electron chi connectivity index (χ4n) is 4.51. The number of hydrogen-bond acceptors (Lipinski definition) is 3. The van der Waals surface area contributed by atoms with Crippen LogP contribution in [0, 0.1) is 30.4 Å². The van der Waals surface area contributed by atoms with Crippen LogP contribution in [0.4, 0.5) is 22.0 Å². The number of carbonyl (C=O) groups is 2. The van der Waals surface area contributed by atoms with E-state index in [4.69, 9.17) is 0 Å². The topological polar surface area (TPSA) is 62.3 Å². The van der Waals surface area contributed by atoms with Crippen molar-refractivity contribution in [1.82, 2.24) is 15.2 Å². The molecule has 2 heterocycles. The second-order valence-corrected chi connectivity index (χ2v) is 9.18. The maximum absolute atomic E-state index is 14.7. The molecule has 1 saturated heterocycles. The van der Waals surface area contributed by atoms with E-state index in [1.807, 2.05) is 6.92 Å². The van der Waals surface area contributed by atoms with Crippen LogP contribution >= 0.6 is 0 Å². The highest BCUT2D eigenvalue weighted by molar-refractivity contribution is 5.98. The van der Waals surface area contributed by atoms with Crippen molar-refractivity contribution >= 4 is 11.8 Å². The normalized spacial score (nSPS) is 21.4. The largest absolute Gasteiger partial charge is 0.419 e. The van der Waals surface area contributed by atoms with Gasteiger partial charge in [0.05, 0.1) is 11.6 Å². The number of amides is 2. The summed E-state index contributed by atoms with van der Waals surface area (Å²) in [7, 11) is 0. The van der Waals surface area contributed by atoms with E-state index in [0.29, 0.717) is 43.1 Å². The number of aryl methyl sites for hydroxylation is 1. The van der Waals surface area contributed by atoms with Gasteiger partial charge in [0, 0.05) is 29.6 Å². The van der Waals surface area contributed by atoms with Crippen molar-refractivity contribution in [3.05, 3.63) is 64.5 Å². The maximum atomic E-state index is 14.7. The molecule has 2 aromatic rings. The molecule has 1 saturated carbocycles. The third kappa shape index (κ3) is 4.90. The fourth-order valence-corrected chi connectivity index (χ4v) is 4.51. The lowest BCUT2D eigenvalue weighted by Gasteiger charge is -2.27. The molecule has 2 amide bonds. The molecule has 0 radical (unpaired) electrons. The minimum Gasteiger partial charge on any atom is -0.347 e. The second-order valence-electron chi connectivity index (χ2n) is 9.18. The summed E-state index contributed by atoms with van der Waals surface area (Å²) in [5, 5.41) is 2.70. The molecule has 1 aliphatic heterocycles. The monoisotopic (exact) mass is 481 g/mol. The first-order valence-corrected chi connectivity index (χ1v) is 11.1. The van der Waals surface area contributed by atoms with Crippen LogP contribution in [0.15, 0.2) is 30.5 Å². The summed E-state index contributed by atoms with van der Waals surface area (Å²) >= 11 is 0. The van der Waals surface area contributed by atoms with E-state index in [0.717, 1.165) is 0 Å². The van der Waals surface area contributed by atoms with Crippen LogP contribution in [0.2, 0.25) is 0 Å². The van der Waals surface area contributed by atoms with E-state index < -0.39 is 41.4 Å². The Bertz CT molecular complexity index is 1120. The Labute approximate surface area is 193 Å². The van der Waals surface area contributed by atoms with Gasteiger partial charge >= 0.3 is 6.18 Å². The number of pyridine rings is 1. The van der Waals surface area contributed by atoms with Crippen LogP contribution in [0.5, 0.6) is 0 Å². The van der Waals surface area contributed by atoms with E-state index in [-0.39, 0.29) is 29.4 Å². The van der Waals surface area contributed by atoms with E-state index >= 15 is 0 Å². The minimum atomic E-state index is -5.03. The number of benzene rings is 1. The predicted molar refractivity (Wildman–Crippen MR) is 113 cm³/mol. The third-order valence-electron chi connectivity index (χ3n) is 6.34. The van der Waals surface area contributed by atoms with Gasteiger partial charge in [-0.05, 0) is 62.3 Å². The highest BCUT2D eigenvalue weighted by Crippen LogP contribution is 2.43. The molecule has 1 aromatic carbocycles. The summed E-state index contributed by atoms with van der Waals surface area (Å²) in [5.74, 6) is -3.90. The van der Waals surface area contributed by atoms with Gasteiger partial charge in [0.15, 0.2) is 0 Å². The van der Waals surface area contributed by atoms with Crippen molar-refractivity contribution in [1.29, 1.82) is 0 Å². The molecule has 34 heavy (non-hydrogen) atoms. The molecule has 0 unspecified atom stereocenters. The molecule has 4 rings (SSSR count). The molecule has 5 nitrogen and oxygen atoms in total. The van der Waals surface area contributed by atoms with Gasteiger partial charge in [-0.15, -0.1) is 0 Å². The van der Waals surface area contributed by atoms with E-state index in [2.05, 4.69) is 10.3 Å². The first kappa shape index (κ1) is 24.1. The van der Waals surface area contributed by atoms with Crippen LogP contribution in [-0.2, 0) is 11.0 Å². The van der Waals surface area contributed by atoms with Gasteiger partial charge in [-0.25, -0.2) is 8.78 Å². The number of alkyl halides is 3. The Morgan fingerprint density at radius 1 is 1.15 bits per heavy atom. The molecule has 1 aliphatic carbocycles. The number of rotatable bonds is 5. The van der Waals surface area contributed by atoms with Crippen molar-refractivity contribution < 1.29 is 31.5 Å². The molecule has 182 valence electrons. The van der Waals surface area contributed by atoms with E-state index in [1.165, 1.54) is 11.1 Å². The van der Waals surface area contributed by atoms with Gasteiger partial charge in [0.25, 0.3) is 5.91 Å². The van der Waals surface area contributed by atoms with Crippen LogP contribution < -0.4 is 5.32 Å². The molecular weight excluding hydrogens is 457 g/mol. The van der Waals surface area contributed by atoms with Gasteiger partial charge in [0.1, 0.15) is 17.7 Å². The lowest BCUT2D eigenvalue weighted by Crippen LogP contribution is -2.47. The Balaban J connectivity index is 1.58. The number of likely N-dealkylation sites (tertiary alicyclic amines) is 1. The van der Waals surface area contributed by atoms with Gasteiger partial charge in [-0.1, -0.05) is 6.92 Å². The second kappa shape index (κ2) is 8.96. The summed E-state index contributed by atoms with van der Waals surface area (Å²) in [6, 6.07) is 2.00. The average Bonchev–Trinajstić information content (AvgIpc) is 3.53. The standard InChI is InChI=1S/C24H24F5N3O2/c1-12-7-20(32(11-12)23(34)15-5-6-30-13(2)8-15)22(33)31-21(14-3-4-14)16-9-19(26)17(10-18(16)25)24(27,28)29/h5-6,8-10,12,14,20-21H,3-4,7,11H2,1-2H3,(H,31,33)/t12-,20-,21-/m1/s1. The summed E-state index contributed by atoms with van der Waals surface area (Å²) < 4.78 is 67.7. The van der Waals surface area contributed by atoms with E-state index in [1.54, 1.807) is 19.1 Å². The summed E-state index contributed by atoms with van der Waals surface area (Å²) in [6.45, 7) is 3.98. The number of carbonyl (C=O) groups excluding carboxylic acids is 2.